The molecule has 80 valence electrons. The van der Waals surface area contributed by atoms with Crippen LogP contribution in [0.25, 0.3) is 0 Å². The molecule has 6 nitrogen and oxygen atoms in total. The number of amides is 1. The fourth-order valence-electron chi connectivity index (χ4n) is 0.753. The number of nitrogens with zero attached hydrogens (tertiary/aromatic N) is 2. The van der Waals surface area contributed by atoms with Crippen molar-refractivity contribution in [1.82, 2.24) is 9.28 Å². The number of carbonyl (C=O) groups excluding carboxylic acids is 1. The molecule has 0 saturated carbocycles. The van der Waals surface area contributed by atoms with Crippen LogP contribution in [-0.4, -0.2) is 23.9 Å². The van der Waals surface area contributed by atoms with Crippen molar-refractivity contribution in [2.45, 2.75) is 13.8 Å². The van der Waals surface area contributed by atoms with Gasteiger partial charge in [-0.2, -0.15) is 0 Å². The first-order valence-corrected chi connectivity index (χ1v) is 6.56. The molecule has 0 spiro atoms. The summed E-state index contributed by atoms with van der Waals surface area (Å²) in [4.78, 5) is 10.7. The van der Waals surface area contributed by atoms with Crippen molar-refractivity contribution in [3.05, 3.63) is 9.52 Å². The molecule has 14 heavy (non-hydrogen) atoms. The zero-order valence-corrected chi connectivity index (χ0v) is 9.74. The van der Waals surface area contributed by atoms with Gasteiger partial charge >= 0.3 is 0 Å². The second-order valence-electron chi connectivity index (χ2n) is 2.46. The molecule has 0 aliphatic rings. The molecule has 1 aromatic heterocycles. The van der Waals surface area contributed by atoms with Crippen LogP contribution < -0.4 is 5.43 Å². The van der Waals surface area contributed by atoms with Crippen LogP contribution >= 0.6 is 22.2 Å². The molecule has 1 aromatic rings. The quantitative estimate of drug-likeness (QED) is 0.575. The Hall–Kier alpha value is -0.570. The average Bonchev–Trinajstić information content (AvgIpc) is 2.27. The second-order valence-corrected chi connectivity index (χ2v) is 6.24. The summed E-state index contributed by atoms with van der Waals surface area (Å²) in [6.07, 6.45) is 0. The predicted octanol–water partition coefficient (Wildman–Crippen LogP) is 0.786. The van der Waals surface area contributed by atoms with Crippen LogP contribution in [0.3, 0.4) is 0 Å². The molecule has 0 aromatic carbocycles. The highest BCUT2D eigenvalue weighted by Gasteiger charge is 2.07. The number of hydrogen-bond donors (Lipinski definition) is 2. The SMILES string of the molecule is CC(=O)Nn1nc(C)c(=S(=O)(O)Cl)s1. The van der Waals surface area contributed by atoms with Crippen LogP contribution in [-0.2, 0) is 13.8 Å². The van der Waals surface area contributed by atoms with Crippen molar-refractivity contribution in [3.63, 3.8) is 0 Å². The first-order valence-electron chi connectivity index (χ1n) is 3.45. The number of hydrogen-bond acceptors (Lipinski definition) is 4. The fraction of sp³-hybridized carbons (Fsp3) is 0.400. The molecular weight excluding hydrogens is 250 g/mol. The van der Waals surface area contributed by atoms with E-state index < -0.39 is 9.02 Å². The highest BCUT2D eigenvalue weighted by Crippen LogP contribution is 2.11. The van der Waals surface area contributed by atoms with Gasteiger partial charge in [0.15, 0.2) is 12.8 Å². The highest BCUT2D eigenvalue weighted by atomic mass is 35.7. The number of carbonyl (C=O) groups is 1. The van der Waals surface area contributed by atoms with E-state index in [2.05, 4.69) is 10.5 Å². The Morgan fingerprint density at radius 3 is 2.71 bits per heavy atom. The lowest BCUT2D eigenvalue weighted by Gasteiger charge is -1.96. The van der Waals surface area contributed by atoms with Gasteiger partial charge in [0, 0.05) is 17.6 Å². The summed E-state index contributed by atoms with van der Waals surface area (Å²) < 4.78 is 21.3. The molecule has 9 heteroatoms. The minimum Gasteiger partial charge on any atom is -0.301 e. The lowest BCUT2D eigenvalue weighted by Crippen LogP contribution is -2.18. The normalized spacial score (nSPS) is 14.9. The first-order chi connectivity index (χ1) is 6.30. The molecule has 0 fully saturated rings. The topological polar surface area (TPSA) is 84.2 Å². The molecule has 0 aliphatic carbocycles. The maximum atomic E-state index is 11.1. The Labute approximate surface area is 89.0 Å². The van der Waals surface area contributed by atoms with E-state index in [4.69, 9.17) is 15.2 Å². The lowest BCUT2D eigenvalue weighted by atomic mass is 10.6. The van der Waals surface area contributed by atoms with E-state index >= 15 is 0 Å². The Morgan fingerprint density at radius 2 is 2.36 bits per heavy atom. The summed E-state index contributed by atoms with van der Waals surface area (Å²) in [5.41, 5.74) is 2.64. The van der Waals surface area contributed by atoms with Gasteiger partial charge in [0.05, 0.1) is 5.69 Å². The van der Waals surface area contributed by atoms with Gasteiger partial charge < -0.3 is 4.55 Å². The molecule has 1 atom stereocenters. The number of rotatable bonds is 1. The smallest absolute Gasteiger partial charge is 0.237 e. The van der Waals surface area contributed by atoms with Crippen molar-refractivity contribution >= 4 is 37.1 Å². The minimum absolute atomic E-state index is 0.0351. The van der Waals surface area contributed by atoms with E-state index in [0.29, 0.717) is 5.69 Å². The van der Waals surface area contributed by atoms with Crippen molar-refractivity contribution in [2.24, 2.45) is 0 Å². The molecule has 0 radical (unpaired) electrons. The first kappa shape index (κ1) is 11.5. The van der Waals surface area contributed by atoms with Crippen molar-refractivity contribution in [2.75, 3.05) is 5.43 Å². The number of halogens is 1. The fourth-order valence-corrected chi connectivity index (χ4v) is 2.99. The molecular formula is C5H8ClN3O3S2. The summed E-state index contributed by atoms with van der Waals surface area (Å²) in [5.74, 6) is -0.325. The molecule has 1 unspecified atom stereocenters. The Balaban J connectivity index is 3.34. The standard InChI is InChI=1S/C5H8ClN3O3S2/c1-3-5(14(6,11)12)13-9(7-3)8-4(2)10/h1-2H3,(H,8,10)(H,11,12). The van der Waals surface area contributed by atoms with Crippen molar-refractivity contribution in [3.8, 4) is 0 Å². The van der Waals surface area contributed by atoms with Gasteiger partial charge in [-0.3, -0.25) is 4.79 Å². The highest BCUT2D eigenvalue weighted by molar-refractivity contribution is 8.13. The van der Waals surface area contributed by atoms with Gasteiger partial charge in [-0.15, -0.1) is 9.28 Å². The van der Waals surface area contributed by atoms with Crippen molar-refractivity contribution in [1.29, 1.82) is 0 Å². The van der Waals surface area contributed by atoms with Gasteiger partial charge in [-0.25, -0.2) is 9.63 Å². The minimum atomic E-state index is -3.54. The molecule has 2 N–H and O–H groups in total. The van der Waals surface area contributed by atoms with E-state index in [1.54, 1.807) is 0 Å². The third-order valence-electron chi connectivity index (χ3n) is 1.19. The number of nitrogens with one attached hydrogen (secondary N) is 1. The zero-order valence-electron chi connectivity index (χ0n) is 7.35. The zero-order chi connectivity index (χ0) is 10.9. The van der Waals surface area contributed by atoms with Gasteiger partial charge in [0.1, 0.15) is 0 Å². The van der Waals surface area contributed by atoms with Gasteiger partial charge in [0.2, 0.25) is 5.91 Å². The average molecular weight is 258 g/mol. The summed E-state index contributed by atoms with van der Waals surface area (Å²) in [7, 11) is 1.70. The predicted molar refractivity (Wildman–Crippen MR) is 54.7 cm³/mol. The van der Waals surface area contributed by atoms with Crippen LogP contribution in [0.4, 0.5) is 0 Å². The molecule has 0 saturated heterocycles. The molecule has 1 amide bonds. The van der Waals surface area contributed by atoms with Crippen LogP contribution in [0, 0.1) is 10.7 Å². The Bertz CT molecular complexity index is 503. The van der Waals surface area contributed by atoms with Crippen LogP contribution in [0.5, 0.6) is 0 Å². The Kier molecular flexibility index (Phi) is 3.20. The number of aryl methyl sites for hydroxylation is 1. The van der Waals surface area contributed by atoms with Crippen LogP contribution in [0.2, 0.25) is 0 Å². The van der Waals surface area contributed by atoms with E-state index in [1.165, 1.54) is 13.8 Å². The summed E-state index contributed by atoms with van der Waals surface area (Å²) >= 11 is 0.811. The summed E-state index contributed by atoms with van der Waals surface area (Å²) in [6.45, 7) is 2.84. The van der Waals surface area contributed by atoms with E-state index in [1.807, 2.05) is 0 Å². The molecule has 0 aliphatic heterocycles. The van der Waals surface area contributed by atoms with Gasteiger partial charge in [-0.05, 0) is 18.5 Å². The number of aromatic nitrogens is 2. The lowest BCUT2D eigenvalue weighted by molar-refractivity contribution is -0.115. The monoisotopic (exact) mass is 257 g/mol. The van der Waals surface area contributed by atoms with Crippen LogP contribution in [0.1, 0.15) is 12.6 Å². The summed E-state index contributed by atoms with van der Waals surface area (Å²) in [5, 5.41) is 3.80. The van der Waals surface area contributed by atoms with Crippen molar-refractivity contribution < 1.29 is 13.6 Å². The molecule has 0 bridgehead atoms. The maximum absolute atomic E-state index is 11.1. The molecule has 1 rings (SSSR count). The second kappa shape index (κ2) is 3.89. The van der Waals surface area contributed by atoms with E-state index in [0.717, 1.165) is 15.7 Å². The van der Waals surface area contributed by atoms with E-state index in [9.17, 15) is 9.00 Å². The Morgan fingerprint density at radius 1 is 1.79 bits per heavy atom. The van der Waals surface area contributed by atoms with Gasteiger partial charge in [0.25, 0.3) is 0 Å². The summed E-state index contributed by atoms with van der Waals surface area (Å²) in [6, 6.07) is 0. The largest absolute Gasteiger partial charge is 0.301 e. The van der Waals surface area contributed by atoms with E-state index in [-0.39, 0.29) is 9.73 Å². The maximum Gasteiger partial charge on any atom is 0.237 e. The molecule has 1 heterocycles. The van der Waals surface area contributed by atoms with Crippen LogP contribution in [0.15, 0.2) is 0 Å². The van der Waals surface area contributed by atoms with Gasteiger partial charge in [-0.1, -0.05) is 0 Å². The third kappa shape index (κ3) is 2.71. The third-order valence-corrected chi connectivity index (χ3v) is 4.39.